The molecule has 0 fully saturated rings. The van der Waals surface area contributed by atoms with E-state index in [1.807, 2.05) is 0 Å². The van der Waals surface area contributed by atoms with Crippen LogP contribution in [0, 0.1) is 10.1 Å². The number of nitro benzene ring substituents is 1. The molecule has 23 heavy (non-hydrogen) atoms. The Kier molecular flexibility index (Phi) is 5.41. The van der Waals surface area contributed by atoms with E-state index in [1.165, 1.54) is 18.2 Å². The number of anilines is 1. The van der Waals surface area contributed by atoms with E-state index < -0.39 is 16.9 Å². The lowest BCUT2D eigenvalue weighted by atomic mass is 10.2. The molecule has 0 aliphatic rings. The molecule has 2 rings (SSSR count). The highest BCUT2D eigenvalue weighted by molar-refractivity contribution is 6.32. The molecular weight excluding hydrogens is 343 g/mol. The van der Waals surface area contributed by atoms with Crippen LogP contribution in [0.2, 0.25) is 10.0 Å². The van der Waals surface area contributed by atoms with Crippen molar-refractivity contribution in [1.82, 2.24) is 0 Å². The number of carbonyl (C=O) groups excluding carboxylic acids is 1. The van der Waals surface area contributed by atoms with Crippen LogP contribution in [-0.2, 0) is 4.79 Å². The summed E-state index contributed by atoms with van der Waals surface area (Å²) in [7, 11) is 0. The maximum Gasteiger partial charge on any atom is 0.289 e. The molecule has 1 amide bonds. The number of halogens is 2. The van der Waals surface area contributed by atoms with E-state index in [0.29, 0.717) is 10.8 Å². The zero-order valence-electron chi connectivity index (χ0n) is 12.0. The van der Waals surface area contributed by atoms with Gasteiger partial charge >= 0.3 is 0 Å². The van der Waals surface area contributed by atoms with Gasteiger partial charge in [0.2, 0.25) is 0 Å². The summed E-state index contributed by atoms with van der Waals surface area (Å²) < 4.78 is 5.47. The van der Waals surface area contributed by atoms with Gasteiger partial charge in [-0.3, -0.25) is 14.9 Å². The molecule has 0 saturated carbocycles. The van der Waals surface area contributed by atoms with Gasteiger partial charge in [0, 0.05) is 16.8 Å². The molecule has 0 aromatic heterocycles. The predicted octanol–water partition coefficient (Wildman–Crippen LogP) is 4.31. The van der Waals surface area contributed by atoms with Gasteiger partial charge in [-0.2, -0.15) is 0 Å². The highest BCUT2D eigenvalue weighted by Gasteiger charge is 2.18. The Morgan fingerprint density at radius 3 is 2.48 bits per heavy atom. The lowest BCUT2D eigenvalue weighted by Crippen LogP contribution is -2.30. The number of nitrogens with one attached hydrogen (secondary N) is 1. The van der Waals surface area contributed by atoms with E-state index in [0.717, 1.165) is 0 Å². The van der Waals surface area contributed by atoms with Gasteiger partial charge in [-0.05, 0) is 43.3 Å². The molecule has 0 heterocycles. The maximum atomic E-state index is 12.1. The third-order valence-corrected chi connectivity index (χ3v) is 3.48. The van der Waals surface area contributed by atoms with Gasteiger partial charge in [0.1, 0.15) is 10.8 Å². The first-order valence-corrected chi connectivity index (χ1v) is 7.29. The van der Waals surface area contributed by atoms with Gasteiger partial charge < -0.3 is 10.1 Å². The molecule has 0 bridgehead atoms. The normalized spacial score (nSPS) is 11.6. The second-order valence-corrected chi connectivity index (χ2v) is 5.47. The first-order valence-electron chi connectivity index (χ1n) is 6.54. The van der Waals surface area contributed by atoms with Crippen molar-refractivity contribution in [3.8, 4) is 5.75 Å². The van der Waals surface area contributed by atoms with Crippen LogP contribution >= 0.6 is 23.2 Å². The summed E-state index contributed by atoms with van der Waals surface area (Å²) in [6, 6.07) is 10.6. The van der Waals surface area contributed by atoms with Crippen LogP contribution in [0.5, 0.6) is 5.75 Å². The molecule has 6 nitrogen and oxygen atoms in total. The van der Waals surface area contributed by atoms with Gasteiger partial charge in [-0.1, -0.05) is 23.2 Å². The molecule has 0 aliphatic carbocycles. The third kappa shape index (κ3) is 4.58. The molecule has 1 N–H and O–H groups in total. The Morgan fingerprint density at radius 2 is 1.87 bits per heavy atom. The van der Waals surface area contributed by atoms with Crippen LogP contribution in [0.1, 0.15) is 6.92 Å². The Labute approximate surface area is 142 Å². The molecule has 8 heteroatoms. The standard InChI is InChI=1S/C15H12Cl2N2O4/c1-9(23-12-5-2-10(16)3-6-12)15(20)18-11-4-7-13(17)14(8-11)19(21)22/h2-9H,1H3,(H,18,20). The van der Waals surface area contributed by atoms with Crippen molar-refractivity contribution in [1.29, 1.82) is 0 Å². The van der Waals surface area contributed by atoms with Gasteiger partial charge in [0.15, 0.2) is 6.10 Å². The Hall–Kier alpha value is -2.31. The van der Waals surface area contributed by atoms with E-state index in [-0.39, 0.29) is 16.4 Å². The fourth-order valence-corrected chi connectivity index (χ4v) is 2.06. The van der Waals surface area contributed by atoms with Crippen molar-refractivity contribution < 1.29 is 14.5 Å². The number of amides is 1. The quantitative estimate of drug-likeness (QED) is 0.640. The Balaban J connectivity index is 2.04. The third-order valence-electron chi connectivity index (χ3n) is 2.91. The largest absolute Gasteiger partial charge is 0.481 e. The number of benzene rings is 2. The van der Waals surface area contributed by atoms with Gasteiger partial charge in [-0.25, -0.2) is 0 Å². The molecule has 0 saturated heterocycles. The van der Waals surface area contributed by atoms with E-state index in [1.54, 1.807) is 31.2 Å². The number of nitro groups is 1. The van der Waals surface area contributed by atoms with Gasteiger partial charge in [-0.15, -0.1) is 0 Å². The molecule has 0 spiro atoms. The van der Waals surface area contributed by atoms with Crippen LogP contribution in [0.3, 0.4) is 0 Å². The number of ether oxygens (including phenoxy) is 1. The van der Waals surface area contributed by atoms with Gasteiger partial charge in [0.25, 0.3) is 11.6 Å². The number of carbonyl (C=O) groups is 1. The highest BCUT2D eigenvalue weighted by atomic mass is 35.5. The van der Waals surface area contributed by atoms with Crippen LogP contribution < -0.4 is 10.1 Å². The number of hydrogen-bond donors (Lipinski definition) is 1. The summed E-state index contributed by atoms with van der Waals surface area (Å²) in [4.78, 5) is 22.3. The Bertz CT molecular complexity index is 735. The van der Waals surface area contributed by atoms with Crippen molar-refractivity contribution >= 4 is 40.5 Å². The lowest BCUT2D eigenvalue weighted by molar-refractivity contribution is -0.384. The lowest BCUT2D eigenvalue weighted by Gasteiger charge is -2.14. The number of nitrogens with zero attached hydrogens (tertiary/aromatic N) is 1. The second-order valence-electron chi connectivity index (χ2n) is 4.63. The van der Waals surface area contributed by atoms with E-state index in [4.69, 9.17) is 27.9 Å². The van der Waals surface area contributed by atoms with E-state index >= 15 is 0 Å². The minimum Gasteiger partial charge on any atom is -0.481 e. The molecule has 0 aliphatic heterocycles. The van der Waals surface area contributed by atoms with Crippen LogP contribution in [0.15, 0.2) is 42.5 Å². The van der Waals surface area contributed by atoms with Crippen molar-refractivity contribution in [2.75, 3.05) is 5.32 Å². The summed E-state index contributed by atoms with van der Waals surface area (Å²) >= 11 is 11.5. The summed E-state index contributed by atoms with van der Waals surface area (Å²) in [5.74, 6) is 0.0377. The molecule has 1 unspecified atom stereocenters. The van der Waals surface area contributed by atoms with Crippen LogP contribution in [0.4, 0.5) is 11.4 Å². The van der Waals surface area contributed by atoms with Crippen molar-refractivity contribution in [3.63, 3.8) is 0 Å². The minimum atomic E-state index is -0.800. The molecular formula is C15H12Cl2N2O4. The van der Waals surface area contributed by atoms with Crippen LogP contribution in [0.25, 0.3) is 0 Å². The average Bonchev–Trinajstić information content (AvgIpc) is 2.51. The summed E-state index contributed by atoms with van der Waals surface area (Å²) in [5, 5.41) is 13.9. The molecule has 2 aromatic rings. The summed E-state index contributed by atoms with van der Waals surface area (Å²) in [6.45, 7) is 1.56. The Morgan fingerprint density at radius 1 is 1.22 bits per heavy atom. The monoisotopic (exact) mass is 354 g/mol. The maximum absolute atomic E-state index is 12.1. The van der Waals surface area contributed by atoms with Crippen molar-refractivity contribution in [2.24, 2.45) is 0 Å². The second kappa shape index (κ2) is 7.30. The SMILES string of the molecule is CC(Oc1ccc(Cl)cc1)C(=O)Nc1ccc(Cl)c([N+](=O)[O-])c1. The zero-order chi connectivity index (χ0) is 17.0. The highest BCUT2D eigenvalue weighted by Crippen LogP contribution is 2.27. The molecule has 2 aromatic carbocycles. The topological polar surface area (TPSA) is 81.5 Å². The van der Waals surface area contributed by atoms with E-state index in [9.17, 15) is 14.9 Å². The van der Waals surface area contributed by atoms with E-state index in [2.05, 4.69) is 5.32 Å². The fourth-order valence-electron chi connectivity index (χ4n) is 1.75. The summed E-state index contributed by atoms with van der Waals surface area (Å²) in [5.41, 5.74) is -0.0200. The fraction of sp³-hybridized carbons (Fsp3) is 0.133. The smallest absolute Gasteiger partial charge is 0.289 e. The first kappa shape index (κ1) is 17.1. The zero-order valence-corrected chi connectivity index (χ0v) is 13.5. The minimum absolute atomic E-state index is 0.00142. The number of hydrogen-bond acceptors (Lipinski definition) is 4. The molecule has 1 atom stereocenters. The average molecular weight is 355 g/mol. The molecule has 0 radical (unpaired) electrons. The first-order chi connectivity index (χ1) is 10.9. The summed E-state index contributed by atoms with van der Waals surface area (Å²) in [6.07, 6.45) is -0.800. The molecule has 120 valence electrons. The van der Waals surface area contributed by atoms with Crippen LogP contribution in [-0.4, -0.2) is 16.9 Å². The number of rotatable bonds is 5. The predicted molar refractivity (Wildman–Crippen MR) is 88.3 cm³/mol. The van der Waals surface area contributed by atoms with Crippen molar-refractivity contribution in [2.45, 2.75) is 13.0 Å². The van der Waals surface area contributed by atoms with Crippen molar-refractivity contribution in [3.05, 3.63) is 62.6 Å². The van der Waals surface area contributed by atoms with Gasteiger partial charge in [0.05, 0.1) is 4.92 Å².